The predicted molar refractivity (Wildman–Crippen MR) is 128 cm³/mol. The molecule has 0 N–H and O–H groups in total. The van der Waals surface area contributed by atoms with Crippen LogP contribution in [0.2, 0.25) is 0 Å². The van der Waals surface area contributed by atoms with Gasteiger partial charge in [0.1, 0.15) is 0 Å². The highest BCUT2D eigenvalue weighted by Crippen LogP contribution is 2.30. The van der Waals surface area contributed by atoms with Gasteiger partial charge in [0.05, 0.1) is 0 Å². The van der Waals surface area contributed by atoms with Crippen LogP contribution in [0, 0.1) is 5.92 Å². The fourth-order valence-corrected chi connectivity index (χ4v) is 5.26. The highest BCUT2D eigenvalue weighted by molar-refractivity contribution is 6.25. The fraction of sp³-hybridized carbons (Fsp3) is 0.357. The zero-order valence-corrected chi connectivity index (χ0v) is 18.5. The lowest BCUT2D eigenvalue weighted by molar-refractivity contribution is 0.0581. The summed E-state index contributed by atoms with van der Waals surface area (Å²) in [4.78, 5) is 30.0. The van der Waals surface area contributed by atoms with Gasteiger partial charge in [-0.3, -0.25) is 14.5 Å². The summed E-state index contributed by atoms with van der Waals surface area (Å²) >= 11 is 0. The second-order valence-corrected chi connectivity index (χ2v) is 9.13. The molecule has 0 aliphatic carbocycles. The van der Waals surface area contributed by atoms with Crippen LogP contribution >= 0.6 is 0 Å². The van der Waals surface area contributed by atoms with Gasteiger partial charge in [-0.1, -0.05) is 61.0 Å². The van der Waals surface area contributed by atoms with Crippen molar-refractivity contribution in [2.24, 2.45) is 5.92 Å². The lowest BCUT2D eigenvalue weighted by Gasteiger charge is -2.34. The maximum absolute atomic E-state index is 13.1. The number of hydrogen-bond donors (Lipinski definition) is 0. The average Bonchev–Trinajstić information content (AvgIpc) is 2.84. The first kappa shape index (κ1) is 20.9. The number of carbonyl (C=O) groups is 2. The molecule has 0 unspecified atom stereocenters. The van der Waals surface area contributed by atoms with Crippen LogP contribution in [0.15, 0.2) is 66.7 Å². The smallest absolute Gasteiger partial charge is 0.261 e. The Kier molecular flexibility index (Phi) is 6.04. The SMILES string of the molecule is O=C1c2cccc3cccc(c23)C(=O)N1CCN1CCC(CCCc2ccccc2)CC1. The van der Waals surface area contributed by atoms with Crippen molar-refractivity contribution in [3.63, 3.8) is 0 Å². The van der Waals surface area contributed by atoms with E-state index in [1.54, 1.807) is 0 Å². The van der Waals surface area contributed by atoms with Crippen molar-refractivity contribution in [2.45, 2.75) is 32.1 Å². The highest BCUT2D eigenvalue weighted by atomic mass is 16.2. The Morgan fingerprint density at radius 1 is 0.750 bits per heavy atom. The minimum absolute atomic E-state index is 0.157. The fourth-order valence-electron chi connectivity index (χ4n) is 5.26. The van der Waals surface area contributed by atoms with Crippen LogP contribution in [0.25, 0.3) is 10.8 Å². The molecule has 0 spiro atoms. The van der Waals surface area contributed by atoms with Crippen LogP contribution in [0.3, 0.4) is 0 Å². The standard InChI is InChI=1S/C28H30N2O2/c31-27-24-13-5-11-23-12-6-14-25(26(23)24)28(32)30(27)20-19-29-17-15-22(16-18-29)10-4-9-21-7-2-1-3-8-21/h1-3,5-8,11-14,22H,4,9-10,15-20H2. The van der Waals surface area contributed by atoms with E-state index in [0.29, 0.717) is 17.7 Å². The number of piperidine rings is 1. The van der Waals surface area contributed by atoms with E-state index in [1.165, 1.54) is 36.1 Å². The van der Waals surface area contributed by atoms with Crippen molar-refractivity contribution in [2.75, 3.05) is 26.2 Å². The molecule has 2 heterocycles. The number of likely N-dealkylation sites (tertiary alicyclic amines) is 1. The molecule has 1 fully saturated rings. The van der Waals surface area contributed by atoms with Crippen molar-refractivity contribution in [1.82, 2.24) is 9.80 Å². The quantitative estimate of drug-likeness (QED) is 0.489. The first-order chi connectivity index (χ1) is 15.7. The number of aryl methyl sites for hydroxylation is 1. The Bertz CT molecular complexity index is 1070. The molecule has 2 aliphatic heterocycles. The summed E-state index contributed by atoms with van der Waals surface area (Å²) in [5, 5.41) is 1.76. The molecule has 32 heavy (non-hydrogen) atoms. The van der Waals surface area contributed by atoms with Crippen molar-refractivity contribution >= 4 is 22.6 Å². The average molecular weight is 427 g/mol. The van der Waals surface area contributed by atoms with Crippen molar-refractivity contribution in [3.8, 4) is 0 Å². The predicted octanol–water partition coefficient (Wildman–Crippen LogP) is 5.17. The minimum Gasteiger partial charge on any atom is -0.302 e. The molecule has 3 aromatic carbocycles. The lowest BCUT2D eigenvalue weighted by atomic mass is 9.90. The molecular formula is C28H30N2O2. The molecule has 0 aromatic heterocycles. The van der Waals surface area contributed by atoms with E-state index < -0.39 is 0 Å². The second kappa shape index (κ2) is 9.25. The number of hydrogen-bond acceptors (Lipinski definition) is 3. The first-order valence-electron chi connectivity index (χ1n) is 11.8. The molecule has 3 aromatic rings. The monoisotopic (exact) mass is 426 g/mol. The molecule has 2 aliphatic rings. The molecule has 1 saturated heterocycles. The topological polar surface area (TPSA) is 40.6 Å². The van der Waals surface area contributed by atoms with Gasteiger partial charge >= 0.3 is 0 Å². The van der Waals surface area contributed by atoms with E-state index in [1.807, 2.05) is 36.4 Å². The zero-order valence-electron chi connectivity index (χ0n) is 18.5. The van der Waals surface area contributed by atoms with Gasteiger partial charge in [-0.2, -0.15) is 0 Å². The van der Waals surface area contributed by atoms with E-state index in [0.717, 1.165) is 42.7 Å². The number of carbonyl (C=O) groups excluding carboxylic acids is 2. The van der Waals surface area contributed by atoms with E-state index in [4.69, 9.17) is 0 Å². The Balaban J connectivity index is 1.13. The third-order valence-corrected chi connectivity index (χ3v) is 7.12. The van der Waals surface area contributed by atoms with E-state index in [9.17, 15) is 9.59 Å². The second-order valence-electron chi connectivity index (χ2n) is 9.13. The molecule has 164 valence electrons. The first-order valence-corrected chi connectivity index (χ1v) is 11.8. The van der Waals surface area contributed by atoms with Gasteiger partial charge in [-0.25, -0.2) is 0 Å². The number of nitrogens with zero attached hydrogens (tertiary/aromatic N) is 2. The summed E-state index contributed by atoms with van der Waals surface area (Å²) < 4.78 is 0. The van der Waals surface area contributed by atoms with E-state index >= 15 is 0 Å². The van der Waals surface area contributed by atoms with Gasteiger partial charge in [-0.15, -0.1) is 0 Å². The maximum atomic E-state index is 13.1. The Labute approximate surface area is 189 Å². The minimum atomic E-state index is -0.157. The molecule has 0 radical (unpaired) electrons. The molecule has 4 nitrogen and oxygen atoms in total. The Morgan fingerprint density at radius 3 is 2.06 bits per heavy atom. The molecule has 2 amide bonds. The molecule has 5 rings (SSSR count). The summed E-state index contributed by atoms with van der Waals surface area (Å²) in [5.41, 5.74) is 2.72. The van der Waals surface area contributed by atoms with Crippen molar-refractivity contribution < 1.29 is 9.59 Å². The summed E-state index contributed by atoms with van der Waals surface area (Å²) in [7, 11) is 0. The number of imide groups is 1. The van der Waals surface area contributed by atoms with Gasteiger partial charge in [0, 0.05) is 29.6 Å². The summed E-state index contributed by atoms with van der Waals surface area (Å²) in [5.74, 6) is 0.475. The number of rotatable bonds is 7. The Hall–Kier alpha value is -2.98. The molecule has 0 atom stereocenters. The van der Waals surface area contributed by atoms with Crippen LogP contribution in [0.1, 0.15) is 52.0 Å². The summed E-state index contributed by atoms with van der Waals surface area (Å²) in [6.07, 6.45) is 6.11. The van der Waals surface area contributed by atoms with Crippen molar-refractivity contribution in [3.05, 3.63) is 83.4 Å². The number of amides is 2. The van der Waals surface area contributed by atoms with Crippen LogP contribution < -0.4 is 0 Å². The van der Waals surface area contributed by atoms with E-state index in [2.05, 4.69) is 35.2 Å². The largest absolute Gasteiger partial charge is 0.302 e. The van der Waals surface area contributed by atoms with Gasteiger partial charge in [-0.05, 0) is 67.8 Å². The number of benzene rings is 3. The lowest BCUT2D eigenvalue weighted by Crippen LogP contribution is -2.46. The van der Waals surface area contributed by atoms with Crippen molar-refractivity contribution in [1.29, 1.82) is 0 Å². The Morgan fingerprint density at radius 2 is 1.41 bits per heavy atom. The van der Waals surface area contributed by atoms with Gasteiger partial charge in [0.25, 0.3) is 11.8 Å². The molecule has 0 bridgehead atoms. The van der Waals surface area contributed by atoms with Crippen LogP contribution in [0.4, 0.5) is 0 Å². The summed E-state index contributed by atoms with van der Waals surface area (Å²) in [6.45, 7) is 3.32. The van der Waals surface area contributed by atoms with Gasteiger partial charge < -0.3 is 4.90 Å². The molecule has 0 saturated carbocycles. The van der Waals surface area contributed by atoms with Gasteiger partial charge in [0.2, 0.25) is 0 Å². The van der Waals surface area contributed by atoms with Crippen LogP contribution in [0.5, 0.6) is 0 Å². The van der Waals surface area contributed by atoms with E-state index in [-0.39, 0.29) is 11.8 Å². The van der Waals surface area contributed by atoms with Gasteiger partial charge in [0.15, 0.2) is 0 Å². The third-order valence-electron chi connectivity index (χ3n) is 7.12. The highest BCUT2D eigenvalue weighted by Gasteiger charge is 2.32. The maximum Gasteiger partial charge on any atom is 0.261 e. The third kappa shape index (κ3) is 4.20. The summed E-state index contributed by atoms with van der Waals surface area (Å²) in [6, 6.07) is 22.1. The molecular weight excluding hydrogens is 396 g/mol. The van der Waals surface area contributed by atoms with Crippen LogP contribution in [-0.4, -0.2) is 47.8 Å². The normalized spacial score (nSPS) is 17.3. The van der Waals surface area contributed by atoms with Crippen LogP contribution in [-0.2, 0) is 6.42 Å². The zero-order chi connectivity index (χ0) is 21.9. The molecule has 4 heteroatoms.